The Hall–Kier alpha value is -1.98. The lowest BCUT2D eigenvalue weighted by Crippen LogP contribution is -2.37. The van der Waals surface area contributed by atoms with E-state index in [0.29, 0.717) is 13.2 Å². The molecule has 0 unspecified atom stereocenters. The second-order valence-electron chi connectivity index (χ2n) is 9.07. The van der Waals surface area contributed by atoms with Crippen LogP contribution in [0.4, 0.5) is 0 Å². The van der Waals surface area contributed by atoms with Gasteiger partial charge in [0.05, 0.1) is 13.2 Å². The summed E-state index contributed by atoms with van der Waals surface area (Å²) < 4.78 is 24.6. The second-order valence-corrected chi connectivity index (χ2v) is 9.07. The van der Waals surface area contributed by atoms with Gasteiger partial charge < -0.3 is 18.9 Å². The Balaban J connectivity index is 1.56. The minimum atomic E-state index is -0.460. The zero-order valence-corrected chi connectivity index (χ0v) is 20.9. The van der Waals surface area contributed by atoms with Gasteiger partial charge in [-0.15, -0.1) is 0 Å². The first kappa shape index (κ1) is 26.6. The minimum Gasteiger partial charge on any atom is -0.368 e. The average molecular weight is 467 g/mol. The lowest BCUT2D eigenvalue weighted by Gasteiger charge is -2.24. The van der Waals surface area contributed by atoms with Gasteiger partial charge in [-0.2, -0.15) is 0 Å². The Morgan fingerprint density at radius 3 is 1.88 bits per heavy atom. The first-order chi connectivity index (χ1) is 16.8. The summed E-state index contributed by atoms with van der Waals surface area (Å²) >= 11 is 0. The fourth-order valence-corrected chi connectivity index (χ4v) is 4.34. The smallest absolute Gasteiger partial charge is 0.186 e. The lowest BCUT2D eigenvalue weighted by atomic mass is 10.1. The van der Waals surface area contributed by atoms with Crippen molar-refractivity contribution in [1.82, 2.24) is 0 Å². The molecule has 1 aliphatic heterocycles. The van der Waals surface area contributed by atoms with E-state index in [4.69, 9.17) is 18.9 Å². The van der Waals surface area contributed by atoms with Crippen molar-refractivity contribution >= 4 is 0 Å². The van der Waals surface area contributed by atoms with Gasteiger partial charge in [0.15, 0.2) is 6.29 Å². The van der Waals surface area contributed by atoms with E-state index in [2.05, 4.69) is 43.3 Å². The zero-order chi connectivity index (χ0) is 23.8. The average Bonchev–Trinajstić information content (AvgIpc) is 3.22. The summed E-state index contributed by atoms with van der Waals surface area (Å²) in [5.41, 5.74) is 2.26. The third-order valence-electron chi connectivity index (χ3n) is 6.31. The Morgan fingerprint density at radius 1 is 0.735 bits per heavy atom. The Morgan fingerprint density at radius 2 is 1.29 bits per heavy atom. The van der Waals surface area contributed by atoms with Gasteiger partial charge in [-0.3, -0.25) is 0 Å². The van der Waals surface area contributed by atoms with Crippen LogP contribution in [0.15, 0.2) is 72.8 Å². The summed E-state index contributed by atoms with van der Waals surface area (Å²) in [6.45, 7) is 3.27. The van der Waals surface area contributed by atoms with Gasteiger partial charge in [0, 0.05) is 7.11 Å². The Bertz CT molecular complexity index is 792. The molecule has 0 amide bonds. The largest absolute Gasteiger partial charge is 0.368 e. The van der Waals surface area contributed by atoms with Gasteiger partial charge in [-0.1, -0.05) is 118 Å². The topological polar surface area (TPSA) is 36.9 Å². The minimum absolute atomic E-state index is 0.195. The molecule has 0 saturated carbocycles. The van der Waals surface area contributed by atoms with Crippen molar-refractivity contribution < 1.29 is 18.9 Å². The molecular weight excluding hydrogens is 424 g/mol. The summed E-state index contributed by atoms with van der Waals surface area (Å²) in [5, 5.41) is 0. The molecule has 2 aromatic carbocycles. The molecule has 1 saturated heterocycles. The van der Waals surface area contributed by atoms with Gasteiger partial charge >= 0.3 is 0 Å². The van der Waals surface area contributed by atoms with Crippen molar-refractivity contribution in [1.29, 1.82) is 0 Å². The fourth-order valence-electron chi connectivity index (χ4n) is 4.34. The molecule has 0 aliphatic carbocycles. The number of hydrogen-bond donors (Lipinski definition) is 0. The van der Waals surface area contributed by atoms with Crippen LogP contribution >= 0.6 is 0 Å². The maximum Gasteiger partial charge on any atom is 0.186 e. The van der Waals surface area contributed by atoms with Gasteiger partial charge in [0.2, 0.25) is 0 Å². The van der Waals surface area contributed by atoms with Crippen molar-refractivity contribution in [2.45, 2.75) is 96.1 Å². The number of methoxy groups -OCH3 is 1. The highest BCUT2D eigenvalue weighted by molar-refractivity contribution is 5.15. The predicted octanol–water partition coefficient (Wildman–Crippen LogP) is 7.23. The van der Waals surface area contributed by atoms with Crippen molar-refractivity contribution in [3.05, 3.63) is 83.9 Å². The molecule has 2 aromatic rings. The number of rotatable bonds is 16. The monoisotopic (exact) mass is 466 g/mol. The normalized spacial score (nSPS) is 22.5. The van der Waals surface area contributed by atoms with E-state index in [-0.39, 0.29) is 18.3 Å². The van der Waals surface area contributed by atoms with E-state index in [0.717, 1.165) is 17.5 Å². The zero-order valence-electron chi connectivity index (χ0n) is 20.9. The predicted molar refractivity (Wildman–Crippen MR) is 137 cm³/mol. The molecule has 0 aromatic heterocycles. The van der Waals surface area contributed by atoms with Crippen molar-refractivity contribution in [3.63, 3.8) is 0 Å². The number of ether oxygens (including phenoxy) is 4. The fraction of sp³-hybridized carbons (Fsp3) is 0.533. The van der Waals surface area contributed by atoms with E-state index in [1.807, 2.05) is 36.4 Å². The second kappa shape index (κ2) is 15.8. The summed E-state index contributed by atoms with van der Waals surface area (Å²) in [4.78, 5) is 0. The molecule has 0 spiro atoms. The standard InChI is InChI=1S/C30H42O4/c1-3-4-5-6-7-8-9-10-17-22-27-28(32-23-25-18-13-11-14-19-25)29(30(31-2)34-27)33-24-26-20-15-12-16-21-26/h11-22,27-30H,3-10,23-24H2,1-2H3/b22-17-/t27-,28-,29-,30-/m1/s1. The highest BCUT2D eigenvalue weighted by Crippen LogP contribution is 2.30. The molecule has 4 heteroatoms. The summed E-state index contributed by atoms with van der Waals surface area (Å²) in [6.07, 6.45) is 13.5. The molecule has 4 nitrogen and oxygen atoms in total. The van der Waals surface area contributed by atoms with E-state index in [9.17, 15) is 0 Å². The van der Waals surface area contributed by atoms with Crippen LogP contribution in [-0.4, -0.2) is 31.7 Å². The Labute approximate surface area is 206 Å². The molecule has 1 aliphatic rings. The molecule has 34 heavy (non-hydrogen) atoms. The van der Waals surface area contributed by atoms with E-state index >= 15 is 0 Å². The van der Waals surface area contributed by atoms with Crippen LogP contribution < -0.4 is 0 Å². The quantitative estimate of drug-likeness (QED) is 0.193. The van der Waals surface area contributed by atoms with E-state index < -0.39 is 6.29 Å². The van der Waals surface area contributed by atoms with Gasteiger partial charge in [-0.25, -0.2) is 0 Å². The third kappa shape index (κ3) is 8.99. The highest BCUT2D eigenvalue weighted by Gasteiger charge is 2.45. The third-order valence-corrected chi connectivity index (χ3v) is 6.31. The summed E-state index contributed by atoms with van der Waals surface area (Å²) in [7, 11) is 1.67. The van der Waals surface area contributed by atoms with Crippen molar-refractivity contribution in [2.24, 2.45) is 0 Å². The number of allylic oxidation sites excluding steroid dienone is 1. The van der Waals surface area contributed by atoms with Crippen LogP contribution in [-0.2, 0) is 32.2 Å². The Kier molecular flexibility index (Phi) is 12.4. The first-order valence-electron chi connectivity index (χ1n) is 13.0. The summed E-state index contributed by atoms with van der Waals surface area (Å²) in [6, 6.07) is 20.4. The van der Waals surface area contributed by atoms with E-state index in [1.54, 1.807) is 7.11 Å². The molecule has 1 heterocycles. The van der Waals surface area contributed by atoms with Gasteiger partial charge in [0.25, 0.3) is 0 Å². The lowest BCUT2D eigenvalue weighted by molar-refractivity contribution is -0.164. The van der Waals surface area contributed by atoms with Crippen molar-refractivity contribution in [3.8, 4) is 0 Å². The van der Waals surface area contributed by atoms with Crippen LogP contribution in [0.5, 0.6) is 0 Å². The molecule has 0 radical (unpaired) electrons. The van der Waals surface area contributed by atoms with Crippen LogP contribution in [0.2, 0.25) is 0 Å². The molecule has 4 atom stereocenters. The molecule has 1 fully saturated rings. The first-order valence-corrected chi connectivity index (χ1v) is 13.0. The van der Waals surface area contributed by atoms with Crippen LogP contribution in [0.3, 0.4) is 0 Å². The molecule has 0 bridgehead atoms. The molecule has 3 rings (SSSR count). The van der Waals surface area contributed by atoms with Crippen LogP contribution in [0, 0.1) is 0 Å². The number of benzene rings is 2. The number of unbranched alkanes of at least 4 members (excludes halogenated alkanes) is 7. The highest BCUT2D eigenvalue weighted by atomic mass is 16.7. The van der Waals surface area contributed by atoms with Crippen LogP contribution in [0.1, 0.15) is 69.4 Å². The van der Waals surface area contributed by atoms with Gasteiger partial charge in [-0.05, 0) is 24.0 Å². The van der Waals surface area contributed by atoms with E-state index in [1.165, 1.54) is 44.9 Å². The maximum atomic E-state index is 6.39. The molecular formula is C30H42O4. The molecule has 0 N–H and O–H groups in total. The maximum absolute atomic E-state index is 6.39. The number of hydrogen-bond acceptors (Lipinski definition) is 4. The van der Waals surface area contributed by atoms with Gasteiger partial charge in [0.1, 0.15) is 18.3 Å². The van der Waals surface area contributed by atoms with Crippen LogP contribution in [0.25, 0.3) is 0 Å². The summed E-state index contributed by atoms with van der Waals surface area (Å²) in [5.74, 6) is 0. The van der Waals surface area contributed by atoms with Crippen molar-refractivity contribution in [2.75, 3.05) is 7.11 Å². The molecule has 186 valence electrons. The SMILES string of the molecule is CCCCCCCCC/C=C\[C@H]1O[C@@H](OC)[C@H](OCc2ccccc2)[C@@H]1OCc1ccccc1.